The molecule has 0 aliphatic carbocycles. The molecule has 0 saturated carbocycles. The molecule has 0 bridgehead atoms. The van der Waals surface area contributed by atoms with Crippen LogP contribution in [-0.2, 0) is 20.8 Å². The maximum atomic E-state index is 11.6. The Balaban J connectivity index is 1.43. The lowest BCUT2D eigenvalue weighted by Gasteiger charge is -2.38. The van der Waals surface area contributed by atoms with E-state index in [2.05, 4.69) is 9.88 Å². The molecule has 23 heavy (non-hydrogen) atoms. The highest BCUT2D eigenvalue weighted by Crippen LogP contribution is 2.37. The van der Waals surface area contributed by atoms with E-state index in [-0.39, 0.29) is 24.2 Å². The quantitative estimate of drug-likeness (QED) is 0.811. The highest BCUT2D eigenvalue weighted by atomic mass is 32.1. The molecule has 1 aromatic rings. The topological polar surface area (TPSA) is 54.9 Å². The first-order chi connectivity index (χ1) is 11.1. The van der Waals surface area contributed by atoms with Crippen molar-refractivity contribution in [1.82, 2.24) is 14.8 Å². The molecule has 1 spiro atoms. The van der Waals surface area contributed by atoms with Crippen LogP contribution in [0.5, 0.6) is 0 Å². The van der Waals surface area contributed by atoms with Gasteiger partial charge < -0.3 is 14.4 Å². The minimum absolute atomic E-state index is 0.00390. The first kappa shape index (κ1) is 16.8. The van der Waals surface area contributed by atoms with Crippen molar-refractivity contribution < 1.29 is 14.3 Å². The lowest BCUT2D eigenvalue weighted by atomic mass is 9.88. The smallest absolute Gasteiger partial charge is 0.248 e. The van der Waals surface area contributed by atoms with Gasteiger partial charge in [-0.1, -0.05) is 0 Å². The normalized spacial score (nSPS) is 24.2. The molecule has 0 N–H and O–H groups in total. The molecule has 2 aliphatic heterocycles. The number of piperidine rings is 1. The van der Waals surface area contributed by atoms with Crippen LogP contribution in [0.25, 0.3) is 0 Å². The van der Waals surface area contributed by atoms with Crippen molar-refractivity contribution in [2.75, 3.05) is 40.4 Å². The standard InChI is InChI=1S/C16H25N3O3S/c1-18(2)15(20)12-21-13-9-16(22-11-13)3-6-19(7-4-16)10-14-17-5-8-23-14/h5,8,13H,3-4,6-7,9-12H2,1-2H3/t13-/m1/s1. The van der Waals surface area contributed by atoms with Gasteiger partial charge in [0, 0.05) is 45.2 Å². The molecular weight excluding hydrogens is 314 g/mol. The minimum atomic E-state index is -0.0504. The molecule has 1 amide bonds. The maximum Gasteiger partial charge on any atom is 0.248 e. The summed E-state index contributed by atoms with van der Waals surface area (Å²) in [5.41, 5.74) is -0.0504. The second-order valence-corrected chi connectivity index (χ2v) is 7.60. The van der Waals surface area contributed by atoms with E-state index in [1.54, 1.807) is 30.3 Å². The minimum Gasteiger partial charge on any atom is -0.372 e. The van der Waals surface area contributed by atoms with Crippen LogP contribution in [0, 0.1) is 0 Å². The second-order valence-electron chi connectivity index (χ2n) is 6.62. The fourth-order valence-electron chi connectivity index (χ4n) is 3.22. The summed E-state index contributed by atoms with van der Waals surface area (Å²) in [4.78, 5) is 20.0. The molecule has 6 nitrogen and oxygen atoms in total. The summed E-state index contributed by atoms with van der Waals surface area (Å²) in [7, 11) is 3.49. The van der Waals surface area contributed by atoms with Gasteiger partial charge >= 0.3 is 0 Å². The first-order valence-corrected chi connectivity index (χ1v) is 9.01. The van der Waals surface area contributed by atoms with Crippen LogP contribution in [-0.4, -0.2) is 72.8 Å². The third-order valence-electron chi connectivity index (χ3n) is 4.73. The third kappa shape index (κ3) is 4.29. The van der Waals surface area contributed by atoms with E-state index in [9.17, 15) is 4.79 Å². The second kappa shape index (κ2) is 7.25. The number of thiazole rings is 1. The Morgan fingerprint density at radius 3 is 2.96 bits per heavy atom. The Morgan fingerprint density at radius 2 is 2.30 bits per heavy atom. The summed E-state index contributed by atoms with van der Waals surface area (Å²) >= 11 is 1.71. The van der Waals surface area contributed by atoms with Gasteiger partial charge in [0.2, 0.25) is 5.91 Å². The van der Waals surface area contributed by atoms with E-state index < -0.39 is 0 Å². The predicted octanol–water partition coefficient (Wildman–Crippen LogP) is 1.37. The van der Waals surface area contributed by atoms with Crippen molar-refractivity contribution in [3.05, 3.63) is 16.6 Å². The number of aromatic nitrogens is 1. The van der Waals surface area contributed by atoms with Gasteiger partial charge in [-0.15, -0.1) is 11.3 Å². The van der Waals surface area contributed by atoms with Crippen molar-refractivity contribution in [2.45, 2.75) is 37.5 Å². The number of likely N-dealkylation sites (N-methyl/N-ethyl adjacent to an activating group) is 1. The van der Waals surface area contributed by atoms with Crippen LogP contribution in [0.4, 0.5) is 0 Å². The van der Waals surface area contributed by atoms with Gasteiger partial charge in [0.1, 0.15) is 11.6 Å². The van der Waals surface area contributed by atoms with Crippen molar-refractivity contribution in [2.24, 2.45) is 0 Å². The Morgan fingerprint density at radius 1 is 1.52 bits per heavy atom. The number of amides is 1. The van der Waals surface area contributed by atoms with Gasteiger partial charge in [0.15, 0.2) is 0 Å². The SMILES string of the molecule is CN(C)C(=O)CO[C@H]1COC2(CCN(Cc3nccs3)CC2)C1. The molecule has 2 aliphatic rings. The first-order valence-electron chi connectivity index (χ1n) is 8.13. The largest absolute Gasteiger partial charge is 0.372 e. The number of ether oxygens (including phenoxy) is 2. The van der Waals surface area contributed by atoms with Crippen LogP contribution >= 0.6 is 11.3 Å². The molecule has 1 aromatic heterocycles. The van der Waals surface area contributed by atoms with Gasteiger partial charge in [-0.05, 0) is 12.8 Å². The van der Waals surface area contributed by atoms with Gasteiger partial charge in [-0.25, -0.2) is 4.98 Å². The van der Waals surface area contributed by atoms with Crippen LogP contribution in [0.1, 0.15) is 24.3 Å². The Bertz CT molecular complexity index is 513. The van der Waals surface area contributed by atoms with Crippen molar-refractivity contribution in [3.8, 4) is 0 Å². The molecule has 7 heteroatoms. The Kier molecular flexibility index (Phi) is 5.31. The van der Waals surface area contributed by atoms with Crippen LogP contribution in [0.2, 0.25) is 0 Å². The summed E-state index contributed by atoms with van der Waals surface area (Å²) in [5.74, 6) is 0.00390. The highest BCUT2D eigenvalue weighted by Gasteiger charge is 2.43. The lowest BCUT2D eigenvalue weighted by Crippen LogP contribution is -2.44. The summed E-state index contributed by atoms with van der Waals surface area (Å²) < 4.78 is 11.8. The van der Waals surface area contributed by atoms with Crippen LogP contribution < -0.4 is 0 Å². The zero-order valence-corrected chi connectivity index (χ0v) is 14.7. The summed E-state index contributed by atoms with van der Waals surface area (Å²) in [6.45, 7) is 3.75. The van der Waals surface area contributed by atoms with Gasteiger partial charge in [-0.2, -0.15) is 0 Å². The zero-order valence-electron chi connectivity index (χ0n) is 13.9. The molecule has 3 rings (SSSR count). The zero-order chi connectivity index (χ0) is 16.3. The lowest BCUT2D eigenvalue weighted by molar-refractivity contribution is -0.135. The molecule has 1 atom stereocenters. The van der Waals surface area contributed by atoms with Gasteiger partial charge in [0.25, 0.3) is 0 Å². The molecular formula is C16H25N3O3S. The van der Waals surface area contributed by atoms with E-state index >= 15 is 0 Å². The summed E-state index contributed by atoms with van der Waals surface area (Å²) in [5, 5.41) is 3.20. The van der Waals surface area contributed by atoms with Crippen LogP contribution in [0.3, 0.4) is 0 Å². The predicted molar refractivity (Wildman–Crippen MR) is 88.4 cm³/mol. The molecule has 0 radical (unpaired) electrons. The van der Waals surface area contributed by atoms with E-state index in [1.807, 2.05) is 11.6 Å². The average molecular weight is 339 g/mol. The number of hydrogen-bond acceptors (Lipinski definition) is 6. The van der Waals surface area contributed by atoms with E-state index in [1.165, 1.54) is 5.01 Å². The molecule has 0 unspecified atom stereocenters. The number of carbonyl (C=O) groups excluding carboxylic acids is 1. The van der Waals surface area contributed by atoms with E-state index in [4.69, 9.17) is 9.47 Å². The van der Waals surface area contributed by atoms with Crippen molar-refractivity contribution in [3.63, 3.8) is 0 Å². The average Bonchev–Trinajstić information content (AvgIpc) is 3.18. The molecule has 2 fully saturated rings. The maximum absolute atomic E-state index is 11.6. The Hall–Kier alpha value is -1.02. The summed E-state index contributed by atoms with van der Waals surface area (Å²) in [6.07, 6.45) is 4.87. The van der Waals surface area contributed by atoms with Crippen molar-refractivity contribution >= 4 is 17.2 Å². The number of carbonyl (C=O) groups is 1. The molecule has 0 aromatic carbocycles. The highest BCUT2D eigenvalue weighted by molar-refractivity contribution is 7.09. The number of rotatable bonds is 5. The monoisotopic (exact) mass is 339 g/mol. The number of hydrogen-bond donors (Lipinski definition) is 0. The molecule has 2 saturated heterocycles. The van der Waals surface area contributed by atoms with Gasteiger partial charge in [0.05, 0.1) is 24.9 Å². The van der Waals surface area contributed by atoms with Gasteiger partial charge in [-0.3, -0.25) is 9.69 Å². The molecule has 3 heterocycles. The Labute approximate surface area is 141 Å². The third-order valence-corrected chi connectivity index (χ3v) is 5.49. The number of likely N-dealkylation sites (tertiary alicyclic amines) is 1. The van der Waals surface area contributed by atoms with E-state index in [0.717, 1.165) is 38.9 Å². The summed E-state index contributed by atoms with van der Waals surface area (Å²) in [6, 6.07) is 0. The fraction of sp³-hybridized carbons (Fsp3) is 0.750. The molecule has 128 valence electrons. The van der Waals surface area contributed by atoms with E-state index in [0.29, 0.717) is 6.61 Å². The van der Waals surface area contributed by atoms with Crippen LogP contribution in [0.15, 0.2) is 11.6 Å². The fourth-order valence-corrected chi connectivity index (χ4v) is 3.87. The number of nitrogens with zero attached hydrogens (tertiary/aromatic N) is 3. The van der Waals surface area contributed by atoms with Crippen molar-refractivity contribution in [1.29, 1.82) is 0 Å².